The van der Waals surface area contributed by atoms with Crippen LogP contribution in [0.25, 0.3) is 5.69 Å². The number of carbonyl (C=O) groups is 1. The first-order valence-electron chi connectivity index (χ1n) is 6.85. The van der Waals surface area contributed by atoms with Crippen molar-refractivity contribution < 1.29 is 4.79 Å². The van der Waals surface area contributed by atoms with Gasteiger partial charge in [-0.15, -0.1) is 5.10 Å². The van der Waals surface area contributed by atoms with Gasteiger partial charge < -0.3 is 4.90 Å². The molecule has 3 aromatic rings. The number of tetrazole rings is 1. The van der Waals surface area contributed by atoms with E-state index in [-0.39, 0.29) is 5.91 Å². The highest BCUT2D eigenvalue weighted by molar-refractivity contribution is 6.09. The van der Waals surface area contributed by atoms with Crippen molar-refractivity contribution in [1.82, 2.24) is 25.2 Å². The molecule has 1 aliphatic heterocycles. The van der Waals surface area contributed by atoms with Crippen LogP contribution in [0.2, 0.25) is 0 Å². The molecule has 7 nitrogen and oxygen atoms in total. The lowest BCUT2D eigenvalue weighted by Gasteiger charge is -2.15. The zero-order chi connectivity index (χ0) is 15.1. The average Bonchev–Trinajstić information content (AvgIpc) is 3.12. The second-order valence-corrected chi connectivity index (χ2v) is 5.04. The zero-order valence-corrected chi connectivity index (χ0v) is 11.8. The van der Waals surface area contributed by atoms with Gasteiger partial charge in [-0.1, -0.05) is 0 Å². The van der Waals surface area contributed by atoms with Gasteiger partial charge in [0.1, 0.15) is 0 Å². The van der Waals surface area contributed by atoms with Crippen LogP contribution in [-0.4, -0.2) is 31.1 Å². The minimum Gasteiger partial charge on any atom is -0.302 e. The Morgan fingerprint density at radius 3 is 2.55 bits per heavy atom. The SMILES string of the molecule is Cc1nnnn1-c1ccc(N2Cc3ncccc3C2=O)cc1. The van der Waals surface area contributed by atoms with E-state index in [0.717, 1.165) is 17.1 Å². The number of benzene rings is 1. The van der Waals surface area contributed by atoms with E-state index in [2.05, 4.69) is 20.5 Å². The van der Waals surface area contributed by atoms with Crippen LogP contribution in [0.3, 0.4) is 0 Å². The van der Waals surface area contributed by atoms with E-state index < -0.39 is 0 Å². The fourth-order valence-electron chi connectivity index (χ4n) is 2.58. The maximum Gasteiger partial charge on any atom is 0.260 e. The van der Waals surface area contributed by atoms with Gasteiger partial charge >= 0.3 is 0 Å². The van der Waals surface area contributed by atoms with Crippen LogP contribution in [0.5, 0.6) is 0 Å². The molecule has 7 heteroatoms. The van der Waals surface area contributed by atoms with E-state index in [1.54, 1.807) is 21.8 Å². The molecule has 0 unspecified atom stereocenters. The van der Waals surface area contributed by atoms with Crippen molar-refractivity contribution in [2.75, 3.05) is 4.90 Å². The van der Waals surface area contributed by atoms with Crippen LogP contribution in [0.1, 0.15) is 21.9 Å². The largest absolute Gasteiger partial charge is 0.302 e. The quantitative estimate of drug-likeness (QED) is 0.716. The highest BCUT2D eigenvalue weighted by atomic mass is 16.2. The van der Waals surface area contributed by atoms with Crippen molar-refractivity contribution >= 4 is 11.6 Å². The Morgan fingerprint density at radius 2 is 1.86 bits per heavy atom. The van der Waals surface area contributed by atoms with Crippen molar-refractivity contribution in [3.05, 3.63) is 59.7 Å². The second-order valence-electron chi connectivity index (χ2n) is 5.04. The lowest BCUT2D eigenvalue weighted by molar-refractivity contribution is 0.0996. The van der Waals surface area contributed by atoms with E-state index in [0.29, 0.717) is 17.9 Å². The summed E-state index contributed by atoms with van der Waals surface area (Å²) in [4.78, 5) is 18.4. The first-order chi connectivity index (χ1) is 10.7. The van der Waals surface area contributed by atoms with Gasteiger partial charge in [-0.3, -0.25) is 9.78 Å². The molecular formula is C15H12N6O. The van der Waals surface area contributed by atoms with Gasteiger partial charge in [0.2, 0.25) is 0 Å². The molecule has 0 saturated heterocycles. The molecule has 0 radical (unpaired) electrons. The Hall–Kier alpha value is -3.09. The fraction of sp³-hybridized carbons (Fsp3) is 0.133. The summed E-state index contributed by atoms with van der Waals surface area (Å²) in [5.41, 5.74) is 3.17. The number of carbonyl (C=O) groups excluding carboxylic acids is 1. The van der Waals surface area contributed by atoms with Gasteiger partial charge in [0.05, 0.1) is 23.5 Å². The third kappa shape index (κ3) is 1.86. The number of hydrogen-bond donors (Lipinski definition) is 0. The number of aromatic nitrogens is 5. The maximum atomic E-state index is 12.4. The molecule has 0 N–H and O–H groups in total. The van der Waals surface area contributed by atoms with Crippen LogP contribution in [0.15, 0.2) is 42.6 Å². The summed E-state index contributed by atoms with van der Waals surface area (Å²) < 4.78 is 1.64. The minimum absolute atomic E-state index is 0.0190. The number of amides is 1. The number of rotatable bonds is 2. The lowest BCUT2D eigenvalue weighted by atomic mass is 10.2. The molecule has 0 bridgehead atoms. The predicted molar refractivity (Wildman–Crippen MR) is 78.6 cm³/mol. The maximum absolute atomic E-state index is 12.4. The number of nitrogens with zero attached hydrogens (tertiary/aromatic N) is 6. The molecule has 0 fully saturated rings. The predicted octanol–water partition coefficient (Wildman–Crippen LogP) is 1.53. The number of fused-ring (bicyclic) bond motifs is 1. The van der Waals surface area contributed by atoms with Crippen molar-refractivity contribution in [1.29, 1.82) is 0 Å². The molecular weight excluding hydrogens is 280 g/mol. The molecule has 108 valence electrons. The first kappa shape index (κ1) is 12.6. The fourth-order valence-corrected chi connectivity index (χ4v) is 2.58. The summed E-state index contributed by atoms with van der Waals surface area (Å²) in [5, 5.41) is 11.4. The van der Waals surface area contributed by atoms with Gasteiger partial charge in [-0.25, -0.2) is 0 Å². The summed E-state index contributed by atoms with van der Waals surface area (Å²) in [7, 11) is 0. The number of aryl methyl sites for hydroxylation is 1. The van der Waals surface area contributed by atoms with E-state index in [9.17, 15) is 4.79 Å². The molecule has 0 aliphatic carbocycles. The van der Waals surface area contributed by atoms with Crippen LogP contribution in [0.4, 0.5) is 5.69 Å². The molecule has 1 amide bonds. The summed E-state index contributed by atoms with van der Waals surface area (Å²) in [6.45, 7) is 2.33. The van der Waals surface area contributed by atoms with E-state index in [1.807, 2.05) is 37.3 Å². The second kappa shape index (κ2) is 4.73. The summed E-state index contributed by atoms with van der Waals surface area (Å²) in [6, 6.07) is 11.2. The van der Waals surface area contributed by atoms with Crippen molar-refractivity contribution in [3.63, 3.8) is 0 Å². The first-order valence-corrected chi connectivity index (χ1v) is 6.85. The average molecular weight is 292 g/mol. The van der Waals surface area contributed by atoms with Gasteiger partial charge in [0.15, 0.2) is 5.82 Å². The Bertz CT molecular complexity index is 854. The Kier molecular flexibility index (Phi) is 2.72. The van der Waals surface area contributed by atoms with E-state index in [4.69, 9.17) is 0 Å². The van der Waals surface area contributed by atoms with Crippen LogP contribution < -0.4 is 4.90 Å². The standard InChI is InChI=1S/C15H12N6O/c1-10-17-18-19-21(10)12-6-4-11(5-7-12)20-9-14-13(15(20)22)3-2-8-16-14/h2-8H,9H2,1H3. The summed E-state index contributed by atoms with van der Waals surface area (Å²) >= 11 is 0. The van der Waals surface area contributed by atoms with Gasteiger partial charge in [-0.2, -0.15) is 4.68 Å². The van der Waals surface area contributed by atoms with Crippen molar-refractivity contribution in [2.24, 2.45) is 0 Å². The Labute approximate surface area is 126 Å². The van der Waals surface area contributed by atoms with Crippen molar-refractivity contribution in [3.8, 4) is 5.69 Å². The Morgan fingerprint density at radius 1 is 1.09 bits per heavy atom. The topological polar surface area (TPSA) is 76.8 Å². The Balaban J connectivity index is 1.66. The molecule has 0 spiro atoms. The van der Waals surface area contributed by atoms with Gasteiger partial charge in [-0.05, 0) is 53.7 Å². The molecule has 1 aliphatic rings. The molecule has 2 aromatic heterocycles. The van der Waals surface area contributed by atoms with E-state index >= 15 is 0 Å². The third-order valence-corrected chi connectivity index (χ3v) is 3.71. The van der Waals surface area contributed by atoms with Crippen LogP contribution in [-0.2, 0) is 6.54 Å². The van der Waals surface area contributed by atoms with Gasteiger partial charge in [0.25, 0.3) is 5.91 Å². The van der Waals surface area contributed by atoms with Crippen LogP contribution in [0, 0.1) is 6.92 Å². The molecule has 4 rings (SSSR count). The lowest BCUT2D eigenvalue weighted by Crippen LogP contribution is -2.22. The van der Waals surface area contributed by atoms with Gasteiger partial charge in [0, 0.05) is 11.9 Å². The molecule has 0 atom stereocenters. The highest BCUT2D eigenvalue weighted by Gasteiger charge is 2.29. The molecule has 0 saturated carbocycles. The summed E-state index contributed by atoms with van der Waals surface area (Å²) in [5.74, 6) is 0.691. The van der Waals surface area contributed by atoms with Crippen LogP contribution >= 0.6 is 0 Å². The van der Waals surface area contributed by atoms with Crippen molar-refractivity contribution in [2.45, 2.75) is 13.5 Å². The highest BCUT2D eigenvalue weighted by Crippen LogP contribution is 2.27. The smallest absolute Gasteiger partial charge is 0.260 e. The molecule has 3 heterocycles. The van der Waals surface area contributed by atoms with E-state index in [1.165, 1.54) is 0 Å². The number of hydrogen-bond acceptors (Lipinski definition) is 5. The molecule has 1 aromatic carbocycles. The zero-order valence-electron chi connectivity index (χ0n) is 11.8. The number of pyridine rings is 1. The minimum atomic E-state index is -0.0190. The molecule has 22 heavy (non-hydrogen) atoms. The normalized spacial score (nSPS) is 13.5. The summed E-state index contributed by atoms with van der Waals surface area (Å²) in [6.07, 6.45) is 1.71. The number of anilines is 1. The monoisotopic (exact) mass is 292 g/mol. The third-order valence-electron chi connectivity index (χ3n) is 3.71.